The van der Waals surface area contributed by atoms with Gasteiger partial charge in [0.2, 0.25) is 0 Å². The van der Waals surface area contributed by atoms with Crippen LogP contribution in [0.25, 0.3) is 0 Å². The molecule has 2 atom stereocenters. The first kappa shape index (κ1) is 7.72. The molecule has 1 aromatic rings. The number of nitrogens with zero attached hydrogens (tertiary/aromatic N) is 2. The maximum absolute atomic E-state index is 5.97. The molecule has 0 amide bonds. The fraction of sp³-hybridized carbons (Fsp3) is 0.571. The standard InChI is InChI=1S/C7H13N5/c8-7(6-3-10-4-11-6)12-2-1-9-5-12/h1-2,5-7,10-11H,3-4,8H2/t6?,7-/m1/s1. The normalized spacial score (nSPS) is 25.9. The molecular formula is C7H13N5. The molecule has 0 saturated carbocycles. The van der Waals surface area contributed by atoms with E-state index in [1.165, 1.54) is 0 Å². The SMILES string of the molecule is N[C@@H](C1CNCN1)n1ccnc1. The van der Waals surface area contributed by atoms with Crippen molar-refractivity contribution in [3.05, 3.63) is 18.7 Å². The van der Waals surface area contributed by atoms with Crippen LogP contribution in [0.4, 0.5) is 0 Å². The number of nitrogens with one attached hydrogen (secondary N) is 2. The Hall–Kier alpha value is -0.910. The van der Waals surface area contributed by atoms with Crippen LogP contribution >= 0.6 is 0 Å². The Morgan fingerprint density at radius 3 is 3.17 bits per heavy atom. The van der Waals surface area contributed by atoms with Gasteiger partial charge in [0.05, 0.1) is 18.5 Å². The van der Waals surface area contributed by atoms with Gasteiger partial charge in [-0.2, -0.15) is 0 Å². The molecule has 0 aliphatic carbocycles. The van der Waals surface area contributed by atoms with Crippen molar-refractivity contribution in [2.24, 2.45) is 5.73 Å². The zero-order valence-electron chi connectivity index (χ0n) is 6.77. The van der Waals surface area contributed by atoms with Crippen LogP contribution in [0.3, 0.4) is 0 Å². The average Bonchev–Trinajstić information content (AvgIpc) is 2.77. The van der Waals surface area contributed by atoms with Crippen LogP contribution in [0.1, 0.15) is 6.17 Å². The summed E-state index contributed by atoms with van der Waals surface area (Å²) in [7, 11) is 0. The minimum absolute atomic E-state index is 0.0255. The van der Waals surface area contributed by atoms with Crippen molar-refractivity contribution >= 4 is 0 Å². The summed E-state index contributed by atoms with van der Waals surface area (Å²) in [5, 5.41) is 6.45. The zero-order valence-corrected chi connectivity index (χ0v) is 6.77. The predicted octanol–water partition coefficient (Wildman–Crippen LogP) is -1.14. The van der Waals surface area contributed by atoms with Crippen LogP contribution in [0.5, 0.6) is 0 Å². The van der Waals surface area contributed by atoms with Crippen molar-refractivity contribution < 1.29 is 0 Å². The third kappa shape index (κ3) is 1.34. The summed E-state index contributed by atoms with van der Waals surface area (Å²) in [4.78, 5) is 3.95. The van der Waals surface area contributed by atoms with Gasteiger partial charge in [0.1, 0.15) is 0 Å². The fourth-order valence-electron chi connectivity index (χ4n) is 1.40. The summed E-state index contributed by atoms with van der Waals surface area (Å²) in [6.07, 6.45) is 5.33. The highest BCUT2D eigenvalue weighted by molar-refractivity contribution is 4.87. The summed E-state index contributed by atoms with van der Waals surface area (Å²) in [6, 6.07) is 0.305. The molecule has 1 saturated heterocycles. The Kier molecular flexibility index (Phi) is 2.07. The van der Waals surface area contributed by atoms with Gasteiger partial charge in [-0.15, -0.1) is 0 Å². The van der Waals surface area contributed by atoms with Gasteiger partial charge in [0.15, 0.2) is 0 Å². The Labute approximate surface area is 71.0 Å². The zero-order chi connectivity index (χ0) is 8.39. The average molecular weight is 167 g/mol. The van der Waals surface area contributed by atoms with Crippen LogP contribution in [0, 0.1) is 0 Å². The first-order valence-corrected chi connectivity index (χ1v) is 4.05. The van der Waals surface area contributed by atoms with Crippen LogP contribution < -0.4 is 16.4 Å². The number of imidazole rings is 1. The molecule has 1 aromatic heterocycles. The van der Waals surface area contributed by atoms with E-state index in [1.807, 2.05) is 10.8 Å². The van der Waals surface area contributed by atoms with Crippen molar-refractivity contribution in [3.8, 4) is 0 Å². The van der Waals surface area contributed by atoms with Gasteiger partial charge >= 0.3 is 0 Å². The summed E-state index contributed by atoms with van der Waals surface area (Å²) in [5.41, 5.74) is 5.97. The smallest absolute Gasteiger partial charge is 0.0991 e. The molecule has 0 spiro atoms. The van der Waals surface area contributed by atoms with E-state index in [0.29, 0.717) is 6.04 Å². The van der Waals surface area contributed by atoms with E-state index in [-0.39, 0.29) is 6.17 Å². The van der Waals surface area contributed by atoms with E-state index in [2.05, 4.69) is 15.6 Å². The Morgan fingerprint density at radius 2 is 2.58 bits per heavy atom. The molecule has 0 bridgehead atoms. The number of aromatic nitrogens is 2. The molecule has 4 N–H and O–H groups in total. The quantitative estimate of drug-likeness (QED) is 0.521. The first-order valence-electron chi connectivity index (χ1n) is 4.05. The minimum atomic E-state index is -0.0255. The Balaban J connectivity index is 2.04. The van der Waals surface area contributed by atoms with Gasteiger partial charge in [-0.05, 0) is 0 Å². The van der Waals surface area contributed by atoms with Gasteiger partial charge in [-0.1, -0.05) is 0 Å². The van der Waals surface area contributed by atoms with Crippen molar-refractivity contribution in [2.75, 3.05) is 13.2 Å². The lowest BCUT2D eigenvalue weighted by molar-refractivity contribution is 0.405. The molecule has 1 aliphatic rings. The predicted molar refractivity (Wildman–Crippen MR) is 45.2 cm³/mol. The second-order valence-corrected chi connectivity index (χ2v) is 2.94. The summed E-state index contributed by atoms with van der Waals surface area (Å²) < 4.78 is 1.91. The van der Waals surface area contributed by atoms with E-state index >= 15 is 0 Å². The minimum Gasteiger partial charge on any atom is -0.320 e. The van der Waals surface area contributed by atoms with Crippen LogP contribution in [-0.4, -0.2) is 28.8 Å². The highest BCUT2D eigenvalue weighted by atomic mass is 15.2. The molecule has 12 heavy (non-hydrogen) atoms. The van der Waals surface area contributed by atoms with E-state index < -0.39 is 0 Å². The molecule has 2 rings (SSSR count). The molecule has 1 unspecified atom stereocenters. The summed E-state index contributed by atoms with van der Waals surface area (Å²) in [6.45, 7) is 1.76. The molecule has 2 heterocycles. The molecule has 1 aliphatic heterocycles. The number of rotatable bonds is 2. The fourth-order valence-corrected chi connectivity index (χ4v) is 1.40. The van der Waals surface area contributed by atoms with Crippen molar-refractivity contribution in [1.82, 2.24) is 20.2 Å². The Bertz CT molecular complexity index is 226. The van der Waals surface area contributed by atoms with Gasteiger partial charge in [-0.25, -0.2) is 4.98 Å². The lowest BCUT2D eigenvalue weighted by atomic mass is 10.2. The topological polar surface area (TPSA) is 67.9 Å². The van der Waals surface area contributed by atoms with Gasteiger partial charge in [0.25, 0.3) is 0 Å². The van der Waals surface area contributed by atoms with E-state index in [4.69, 9.17) is 5.73 Å². The first-order chi connectivity index (χ1) is 5.88. The molecule has 5 nitrogen and oxygen atoms in total. The summed E-state index contributed by atoms with van der Waals surface area (Å²) in [5.74, 6) is 0. The van der Waals surface area contributed by atoms with Crippen molar-refractivity contribution in [1.29, 1.82) is 0 Å². The van der Waals surface area contributed by atoms with Crippen molar-refractivity contribution in [2.45, 2.75) is 12.2 Å². The van der Waals surface area contributed by atoms with Gasteiger partial charge in [-0.3, -0.25) is 5.32 Å². The second kappa shape index (κ2) is 3.22. The monoisotopic (exact) mass is 167 g/mol. The molecule has 66 valence electrons. The maximum Gasteiger partial charge on any atom is 0.0991 e. The second-order valence-electron chi connectivity index (χ2n) is 2.94. The van der Waals surface area contributed by atoms with Crippen LogP contribution in [0.2, 0.25) is 0 Å². The maximum atomic E-state index is 5.97. The molecule has 1 fully saturated rings. The van der Waals surface area contributed by atoms with Crippen molar-refractivity contribution in [3.63, 3.8) is 0 Å². The third-order valence-corrected chi connectivity index (χ3v) is 2.13. The van der Waals surface area contributed by atoms with Gasteiger partial charge < -0.3 is 15.6 Å². The molecular weight excluding hydrogens is 154 g/mol. The molecule has 0 aromatic carbocycles. The van der Waals surface area contributed by atoms with Gasteiger partial charge in [0, 0.05) is 25.6 Å². The number of hydrogen-bond donors (Lipinski definition) is 3. The molecule has 0 radical (unpaired) electrons. The Morgan fingerprint density at radius 1 is 1.67 bits per heavy atom. The highest BCUT2D eigenvalue weighted by Gasteiger charge is 2.21. The summed E-state index contributed by atoms with van der Waals surface area (Å²) >= 11 is 0. The van der Waals surface area contributed by atoms with E-state index in [9.17, 15) is 0 Å². The lowest BCUT2D eigenvalue weighted by Gasteiger charge is -2.19. The van der Waals surface area contributed by atoms with E-state index in [0.717, 1.165) is 13.2 Å². The largest absolute Gasteiger partial charge is 0.320 e. The highest BCUT2D eigenvalue weighted by Crippen LogP contribution is 2.05. The number of hydrogen-bond acceptors (Lipinski definition) is 4. The third-order valence-electron chi connectivity index (χ3n) is 2.13. The van der Waals surface area contributed by atoms with E-state index in [1.54, 1.807) is 12.5 Å². The number of nitrogens with two attached hydrogens (primary N) is 1. The lowest BCUT2D eigenvalue weighted by Crippen LogP contribution is -2.39. The van der Waals surface area contributed by atoms with Crippen LogP contribution in [0.15, 0.2) is 18.7 Å². The van der Waals surface area contributed by atoms with Crippen LogP contribution in [-0.2, 0) is 0 Å². The molecule has 5 heteroatoms.